The van der Waals surface area contributed by atoms with Gasteiger partial charge in [0.25, 0.3) is 0 Å². The average Bonchev–Trinajstić information content (AvgIpc) is 2.26. The number of aryl methyl sites for hydroxylation is 1. The number of carbonyl (C=O) groups is 1. The number of carbonyl (C=O) groups excluding carboxylic acids is 1. The summed E-state index contributed by atoms with van der Waals surface area (Å²) >= 11 is 0. The number of aldehydes is 1. The minimum atomic E-state index is 0.771. The summed E-state index contributed by atoms with van der Waals surface area (Å²) in [5.41, 5.74) is 10.6. The molecule has 0 spiro atoms. The van der Waals surface area contributed by atoms with Gasteiger partial charge in [-0.25, -0.2) is 0 Å². The number of benzene rings is 1. The van der Waals surface area contributed by atoms with Gasteiger partial charge in [-0.3, -0.25) is 4.79 Å². The quantitative estimate of drug-likeness (QED) is 0.466. The van der Waals surface area contributed by atoms with Crippen molar-refractivity contribution in [3.63, 3.8) is 0 Å². The van der Waals surface area contributed by atoms with Crippen molar-refractivity contribution in [2.45, 2.75) is 27.2 Å². The monoisotopic (exact) mass is 203 g/mol. The second kappa shape index (κ2) is 4.78. The van der Waals surface area contributed by atoms with Gasteiger partial charge in [-0.15, -0.1) is 0 Å². The molecule has 2 nitrogen and oxygen atoms in total. The van der Waals surface area contributed by atoms with Crippen molar-refractivity contribution in [2.24, 2.45) is 0 Å². The summed E-state index contributed by atoms with van der Waals surface area (Å²) < 4.78 is 0. The minimum Gasteiger partial charge on any atom is -0.399 e. The second-order valence-corrected chi connectivity index (χ2v) is 3.70. The molecule has 0 aromatic heterocycles. The predicted octanol–water partition coefficient (Wildman–Crippen LogP) is 2.82. The molecule has 0 amide bonds. The van der Waals surface area contributed by atoms with Crippen molar-refractivity contribution < 1.29 is 4.79 Å². The normalized spacial score (nSPS) is 12.2. The van der Waals surface area contributed by atoms with E-state index >= 15 is 0 Å². The van der Waals surface area contributed by atoms with Gasteiger partial charge in [0.15, 0.2) is 0 Å². The van der Waals surface area contributed by atoms with Gasteiger partial charge in [0, 0.05) is 5.69 Å². The maximum absolute atomic E-state index is 10.7. The van der Waals surface area contributed by atoms with Crippen molar-refractivity contribution in [2.75, 3.05) is 5.73 Å². The molecule has 2 heteroatoms. The summed E-state index contributed by atoms with van der Waals surface area (Å²) in [6.45, 7) is 5.88. The second-order valence-electron chi connectivity index (χ2n) is 3.70. The maximum Gasteiger partial charge on any atom is 0.146 e. The molecule has 1 aromatic carbocycles. The van der Waals surface area contributed by atoms with E-state index in [0.29, 0.717) is 0 Å². The van der Waals surface area contributed by atoms with Crippen molar-refractivity contribution >= 4 is 17.5 Å². The first kappa shape index (κ1) is 11.5. The third kappa shape index (κ3) is 2.46. The van der Waals surface area contributed by atoms with E-state index in [1.807, 2.05) is 32.0 Å². The van der Waals surface area contributed by atoms with E-state index in [1.54, 1.807) is 0 Å². The summed E-state index contributed by atoms with van der Waals surface area (Å²) in [6.07, 6.45) is 1.81. The van der Waals surface area contributed by atoms with Crippen LogP contribution in [0.25, 0.3) is 5.57 Å². The zero-order valence-electron chi connectivity index (χ0n) is 9.50. The molecule has 0 saturated carbocycles. The topological polar surface area (TPSA) is 43.1 Å². The lowest BCUT2D eigenvalue weighted by molar-refractivity contribution is -0.104. The molecule has 1 rings (SSSR count). The molecule has 0 radical (unpaired) electrons. The highest BCUT2D eigenvalue weighted by Gasteiger charge is 2.05. The SMILES string of the molecule is CCc1cc(N)ccc1/C(C)=C(/C)C=O. The fourth-order valence-electron chi connectivity index (χ4n) is 1.57. The first-order chi connectivity index (χ1) is 7.10. The molecule has 0 saturated heterocycles. The molecular weight excluding hydrogens is 186 g/mol. The number of nitrogen functional groups attached to an aromatic ring is 1. The van der Waals surface area contributed by atoms with Gasteiger partial charge in [-0.1, -0.05) is 13.0 Å². The molecule has 0 aliphatic rings. The number of allylic oxidation sites excluding steroid dienone is 2. The van der Waals surface area contributed by atoms with Crippen molar-refractivity contribution in [1.82, 2.24) is 0 Å². The van der Waals surface area contributed by atoms with Crippen LogP contribution in [0, 0.1) is 0 Å². The molecule has 2 N–H and O–H groups in total. The van der Waals surface area contributed by atoms with E-state index in [9.17, 15) is 4.79 Å². The molecule has 15 heavy (non-hydrogen) atoms. The highest BCUT2D eigenvalue weighted by Crippen LogP contribution is 2.23. The highest BCUT2D eigenvalue weighted by molar-refractivity contribution is 5.87. The van der Waals surface area contributed by atoms with Gasteiger partial charge in [0.05, 0.1) is 0 Å². The molecule has 0 heterocycles. The Labute approximate surface area is 90.8 Å². The summed E-state index contributed by atoms with van der Waals surface area (Å²) in [6, 6.07) is 5.82. The molecule has 0 aliphatic carbocycles. The number of hydrogen-bond acceptors (Lipinski definition) is 2. The lowest BCUT2D eigenvalue weighted by atomic mass is 9.96. The maximum atomic E-state index is 10.7. The van der Waals surface area contributed by atoms with Crippen LogP contribution in [0.3, 0.4) is 0 Å². The highest BCUT2D eigenvalue weighted by atomic mass is 16.1. The van der Waals surface area contributed by atoms with E-state index in [4.69, 9.17) is 5.73 Å². The Kier molecular flexibility index (Phi) is 3.67. The number of anilines is 1. The van der Waals surface area contributed by atoms with E-state index in [0.717, 1.165) is 35.1 Å². The lowest BCUT2D eigenvalue weighted by Crippen LogP contribution is -1.95. The fraction of sp³-hybridized carbons (Fsp3) is 0.308. The molecular formula is C13H17NO. The fourth-order valence-corrected chi connectivity index (χ4v) is 1.57. The molecule has 0 bridgehead atoms. The van der Waals surface area contributed by atoms with Gasteiger partial charge in [-0.2, -0.15) is 0 Å². The molecule has 0 unspecified atom stereocenters. The zero-order valence-corrected chi connectivity index (χ0v) is 9.50. The number of hydrogen-bond donors (Lipinski definition) is 1. The first-order valence-electron chi connectivity index (χ1n) is 5.11. The zero-order chi connectivity index (χ0) is 11.4. The smallest absolute Gasteiger partial charge is 0.146 e. The molecule has 0 aliphatic heterocycles. The molecule has 0 fully saturated rings. The molecule has 80 valence electrons. The van der Waals surface area contributed by atoms with Crippen LogP contribution in [0.1, 0.15) is 31.9 Å². The Morgan fingerprint density at radius 1 is 1.40 bits per heavy atom. The Hall–Kier alpha value is -1.57. The van der Waals surface area contributed by atoms with E-state index in [1.165, 1.54) is 5.56 Å². The van der Waals surface area contributed by atoms with Crippen molar-refractivity contribution in [1.29, 1.82) is 0 Å². The van der Waals surface area contributed by atoms with Crippen LogP contribution in [0.15, 0.2) is 23.8 Å². The van der Waals surface area contributed by atoms with Crippen LogP contribution < -0.4 is 5.73 Å². The predicted molar refractivity (Wildman–Crippen MR) is 64.6 cm³/mol. The van der Waals surface area contributed by atoms with Crippen LogP contribution in [0.4, 0.5) is 5.69 Å². The number of rotatable bonds is 3. The van der Waals surface area contributed by atoms with E-state index in [-0.39, 0.29) is 0 Å². The summed E-state index contributed by atoms with van der Waals surface area (Å²) in [7, 11) is 0. The van der Waals surface area contributed by atoms with E-state index < -0.39 is 0 Å². The van der Waals surface area contributed by atoms with Crippen LogP contribution in [-0.4, -0.2) is 6.29 Å². The van der Waals surface area contributed by atoms with Gasteiger partial charge >= 0.3 is 0 Å². The molecule has 1 aromatic rings. The third-order valence-electron chi connectivity index (χ3n) is 2.68. The summed E-state index contributed by atoms with van der Waals surface area (Å²) in [4.78, 5) is 10.7. The van der Waals surface area contributed by atoms with Crippen LogP contribution in [0.5, 0.6) is 0 Å². The van der Waals surface area contributed by atoms with Crippen LogP contribution in [0.2, 0.25) is 0 Å². The van der Waals surface area contributed by atoms with Gasteiger partial charge < -0.3 is 5.73 Å². The lowest BCUT2D eigenvalue weighted by Gasteiger charge is -2.10. The standard InChI is InChI=1S/C13H17NO/c1-4-11-7-12(14)5-6-13(11)10(3)9(2)8-15/h5-8H,4,14H2,1-3H3/b10-9-. The van der Waals surface area contributed by atoms with Crippen molar-refractivity contribution in [3.05, 3.63) is 34.9 Å². The van der Waals surface area contributed by atoms with Crippen LogP contribution >= 0.6 is 0 Å². The third-order valence-corrected chi connectivity index (χ3v) is 2.68. The summed E-state index contributed by atoms with van der Waals surface area (Å²) in [5.74, 6) is 0. The average molecular weight is 203 g/mol. The Morgan fingerprint density at radius 3 is 2.60 bits per heavy atom. The van der Waals surface area contributed by atoms with E-state index in [2.05, 4.69) is 6.92 Å². The van der Waals surface area contributed by atoms with Crippen LogP contribution in [-0.2, 0) is 11.2 Å². The Bertz CT molecular complexity index is 405. The Balaban J connectivity index is 3.31. The number of nitrogens with two attached hydrogens (primary N) is 1. The first-order valence-corrected chi connectivity index (χ1v) is 5.11. The van der Waals surface area contributed by atoms with Gasteiger partial charge in [0.2, 0.25) is 0 Å². The minimum absolute atomic E-state index is 0.771. The Morgan fingerprint density at radius 2 is 2.07 bits per heavy atom. The summed E-state index contributed by atoms with van der Waals surface area (Å²) in [5, 5.41) is 0. The van der Waals surface area contributed by atoms with Gasteiger partial charge in [-0.05, 0) is 54.7 Å². The largest absolute Gasteiger partial charge is 0.399 e. The van der Waals surface area contributed by atoms with Gasteiger partial charge in [0.1, 0.15) is 6.29 Å². The molecule has 0 atom stereocenters. The van der Waals surface area contributed by atoms with Crippen molar-refractivity contribution in [3.8, 4) is 0 Å².